The Bertz CT molecular complexity index is 368. The van der Waals surface area contributed by atoms with Crippen LogP contribution in [0.5, 0.6) is 5.75 Å². The van der Waals surface area contributed by atoms with Gasteiger partial charge in [-0.25, -0.2) is 0 Å². The molecule has 5 nitrogen and oxygen atoms in total. The van der Waals surface area contributed by atoms with E-state index in [9.17, 15) is 10.1 Å². The Balaban J connectivity index is 2.67. The summed E-state index contributed by atoms with van der Waals surface area (Å²) in [5, 5.41) is 10.5. The summed E-state index contributed by atoms with van der Waals surface area (Å²) >= 11 is 3.97. The van der Waals surface area contributed by atoms with Crippen LogP contribution >= 0.6 is 12.6 Å². The Labute approximate surface area is 92.3 Å². The Morgan fingerprint density at radius 2 is 2.40 bits per heavy atom. The van der Waals surface area contributed by atoms with Gasteiger partial charge in [0.25, 0.3) is 0 Å². The van der Waals surface area contributed by atoms with E-state index >= 15 is 0 Å². The van der Waals surface area contributed by atoms with Crippen molar-refractivity contribution in [3.63, 3.8) is 0 Å². The van der Waals surface area contributed by atoms with Crippen molar-refractivity contribution in [1.82, 2.24) is 4.98 Å². The SMILES string of the molecule is O=[N+]([O-])c1ncccc1OCC=CCS. The molecule has 0 N–H and O–H groups in total. The Morgan fingerprint density at radius 1 is 1.60 bits per heavy atom. The van der Waals surface area contributed by atoms with Gasteiger partial charge in [-0.1, -0.05) is 12.2 Å². The molecular weight excluding hydrogens is 216 g/mol. The minimum Gasteiger partial charge on any atom is -0.481 e. The van der Waals surface area contributed by atoms with E-state index in [1.807, 2.05) is 0 Å². The van der Waals surface area contributed by atoms with Gasteiger partial charge in [-0.2, -0.15) is 12.6 Å². The van der Waals surface area contributed by atoms with E-state index in [1.54, 1.807) is 18.2 Å². The van der Waals surface area contributed by atoms with Gasteiger partial charge in [0, 0.05) is 5.75 Å². The first-order valence-electron chi connectivity index (χ1n) is 4.23. The first kappa shape index (κ1) is 11.5. The summed E-state index contributed by atoms with van der Waals surface area (Å²) in [6.07, 6.45) is 4.89. The molecule has 0 saturated carbocycles. The number of nitro groups is 1. The number of rotatable bonds is 5. The predicted octanol–water partition coefficient (Wildman–Crippen LogP) is 1.85. The van der Waals surface area contributed by atoms with Gasteiger partial charge >= 0.3 is 5.82 Å². The zero-order chi connectivity index (χ0) is 11.1. The molecule has 0 radical (unpaired) electrons. The Hall–Kier alpha value is -1.56. The lowest BCUT2D eigenvalue weighted by Crippen LogP contribution is -1.99. The second-order valence-corrected chi connectivity index (χ2v) is 2.91. The molecule has 0 spiro atoms. The van der Waals surface area contributed by atoms with E-state index < -0.39 is 4.92 Å². The summed E-state index contributed by atoms with van der Waals surface area (Å²) in [6, 6.07) is 3.10. The second kappa shape index (κ2) is 6.02. The average Bonchev–Trinajstić information content (AvgIpc) is 2.25. The van der Waals surface area contributed by atoms with E-state index in [2.05, 4.69) is 17.6 Å². The van der Waals surface area contributed by atoms with Gasteiger partial charge in [0.1, 0.15) is 12.8 Å². The Kier molecular flexibility index (Phi) is 4.62. The molecule has 0 unspecified atom stereocenters. The fourth-order valence-electron chi connectivity index (χ4n) is 0.912. The van der Waals surface area contributed by atoms with Crippen molar-refractivity contribution < 1.29 is 9.66 Å². The van der Waals surface area contributed by atoms with Crippen LogP contribution in [-0.2, 0) is 0 Å². The highest BCUT2D eigenvalue weighted by molar-refractivity contribution is 7.80. The van der Waals surface area contributed by atoms with Gasteiger partial charge < -0.3 is 14.9 Å². The molecule has 80 valence electrons. The van der Waals surface area contributed by atoms with Crippen LogP contribution in [0.2, 0.25) is 0 Å². The maximum absolute atomic E-state index is 10.5. The second-order valence-electron chi connectivity index (χ2n) is 2.55. The normalized spacial score (nSPS) is 10.5. The molecule has 1 rings (SSSR count). The number of hydrogen-bond donors (Lipinski definition) is 1. The number of thiol groups is 1. The molecule has 0 aliphatic heterocycles. The molecule has 0 saturated heterocycles. The minimum atomic E-state index is -0.572. The number of aromatic nitrogens is 1. The van der Waals surface area contributed by atoms with E-state index in [0.717, 1.165) is 0 Å². The van der Waals surface area contributed by atoms with Crippen LogP contribution in [0.3, 0.4) is 0 Å². The molecule has 0 amide bonds. The number of nitrogens with zero attached hydrogens (tertiary/aromatic N) is 2. The maximum Gasteiger partial charge on any atom is 0.406 e. The van der Waals surface area contributed by atoms with Crippen molar-refractivity contribution in [2.24, 2.45) is 0 Å². The summed E-state index contributed by atoms with van der Waals surface area (Å²) < 4.78 is 5.18. The third-order valence-corrected chi connectivity index (χ3v) is 1.74. The minimum absolute atomic E-state index is 0.173. The van der Waals surface area contributed by atoms with Gasteiger partial charge in [-0.05, 0) is 22.0 Å². The van der Waals surface area contributed by atoms with Crippen molar-refractivity contribution in [3.8, 4) is 5.75 Å². The smallest absolute Gasteiger partial charge is 0.406 e. The van der Waals surface area contributed by atoms with Crippen LogP contribution in [0.15, 0.2) is 30.5 Å². The number of hydrogen-bond acceptors (Lipinski definition) is 5. The fraction of sp³-hybridized carbons (Fsp3) is 0.222. The molecule has 1 aromatic heterocycles. The molecule has 15 heavy (non-hydrogen) atoms. The zero-order valence-electron chi connectivity index (χ0n) is 7.87. The molecule has 1 aromatic rings. The summed E-state index contributed by atoms with van der Waals surface area (Å²) in [5.74, 6) is 0.515. The summed E-state index contributed by atoms with van der Waals surface area (Å²) in [4.78, 5) is 13.6. The molecule has 6 heteroatoms. The first-order valence-corrected chi connectivity index (χ1v) is 4.87. The molecule has 0 fully saturated rings. The largest absolute Gasteiger partial charge is 0.481 e. The van der Waals surface area contributed by atoms with Gasteiger partial charge in [0.15, 0.2) is 0 Å². The van der Waals surface area contributed by atoms with Crippen LogP contribution < -0.4 is 4.74 Å². The molecule has 0 atom stereocenters. The molecular formula is C9H10N2O3S. The van der Waals surface area contributed by atoms with Crippen LogP contribution in [-0.4, -0.2) is 22.3 Å². The zero-order valence-corrected chi connectivity index (χ0v) is 8.76. The number of pyridine rings is 1. The highest BCUT2D eigenvalue weighted by Crippen LogP contribution is 2.22. The molecule has 1 heterocycles. The van der Waals surface area contributed by atoms with E-state index in [0.29, 0.717) is 5.75 Å². The fourth-order valence-corrected chi connectivity index (χ4v) is 1.06. The van der Waals surface area contributed by atoms with Gasteiger partial charge in [-0.15, -0.1) is 0 Å². The third kappa shape index (κ3) is 3.59. The van der Waals surface area contributed by atoms with E-state index in [1.165, 1.54) is 12.3 Å². The lowest BCUT2D eigenvalue weighted by molar-refractivity contribution is -0.390. The predicted molar refractivity (Wildman–Crippen MR) is 59.4 cm³/mol. The topological polar surface area (TPSA) is 65.3 Å². The van der Waals surface area contributed by atoms with Gasteiger partial charge in [0.05, 0.1) is 0 Å². The molecule has 0 aliphatic rings. The van der Waals surface area contributed by atoms with Crippen LogP contribution in [0.25, 0.3) is 0 Å². The van der Waals surface area contributed by atoms with Crippen molar-refractivity contribution in [2.45, 2.75) is 0 Å². The van der Waals surface area contributed by atoms with Crippen molar-refractivity contribution in [1.29, 1.82) is 0 Å². The van der Waals surface area contributed by atoms with Gasteiger partial charge in [-0.3, -0.25) is 0 Å². The van der Waals surface area contributed by atoms with E-state index in [-0.39, 0.29) is 18.2 Å². The average molecular weight is 226 g/mol. The highest BCUT2D eigenvalue weighted by Gasteiger charge is 2.14. The van der Waals surface area contributed by atoms with Crippen molar-refractivity contribution >= 4 is 18.4 Å². The summed E-state index contributed by atoms with van der Waals surface area (Å²) in [5.41, 5.74) is 0. The standard InChI is InChI=1S/C9H10N2O3S/c12-11(13)9-8(4-3-5-10-9)14-6-1-2-7-15/h1-5,15H,6-7H2. The Morgan fingerprint density at radius 3 is 3.07 bits per heavy atom. The van der Waals surface area contributed by atoms with Crippen LogP contribution in [0.4, 0.5) is 5.82 Å². The molecule has 0 aromatic carbocycles. The van der Waals surface area contributed by atoms with Gasteiger partial charge in [0.2, 0.25) is 5.75 Å². The monoisotopic (exact) mass is 226 g/mol. The number of ether oxygens (including phenoxy) is 1. The lowest BCUT2D eigenvalue weighted by atomic mass is 10.4. The quantitative estimate of drug-likeness (QED) is 0.360. The lowest BCUT2D eigenvalue weighted by Gasteiger charge is -2.02. The molecule has 0 aliphatic carbocycles. The summed E-state index contributed by atoms with van der Waals surface area (Å²) in [6.45, 7) is 0.271. The first-order chi connectivity index (χ1) is 7.25. The van der Waals surface area contributed by atoms with Crippen molar-refractivity contribution in [2.75, 3.05) is 12.4 Å². The summed E-state index contributed by atoms with van der Waals surface area (Å²) in [7, 11) is 0. The van der Waals surface area contributed by atoms with Crippen LogP contribution in [0.1, 0.15) is 0 Å². The van der Waals surface area contributed by atoms with Crippen molar-refractivity contribution in [3.05, 3.63) is 40.6 Å². The van der Waals surface area contributed by atoms with E-state index in [4.69, 9.17) is 4.74 Å². The highest BCUT2D eigenvalue weighted by atomic mass is 32.1. The maximum atomic E-state index is 10.5. The van der Waals surface area contributed by atoms with Crippen LogP contribution in [0, 0.1) is 10.1 Å². The third-order valence-electron chi connectivity index (χ3n) is 1.53. The molecule has 0 bridgehead atoms.